The third-order valence-corrected chi connectivity index (χ3v) is 5.40. The van der Waals surface area contributed by atoms with E-state index in [-0.39, 0.29) is 0 Å². The molecule has 1 aromatic carbocycles. The van der Waals surface area contributed by atoms with E-state index < -0.39 is 0 Å². The summed E-state index contributed by atoms with van der Waals surface area (Å²) in [6, 6.07) is 7.19. The Labute approximate surface area is 123 Å². The van der Waals surface area contributed by atoms with Crippen LogP contribution < -0.4 is 10.2 Å². The van der Waals surface area contributed by atoms with E-state index in [0.29, 0.717) is 5.54 Å². The van der Waals surface area contributed by atoms with Crippen molar-refractivity contribution in [1.82, 2.24) is 5.32 Å². The van der Waals surface area contributed by atoms with Crippen LogP contribution >= 0.6 is 0 Å². The van der Waals surface area contributed by atoms with Crippen LogP contribution in [0.2, 0.25) is 0 Å². The molecular formula is C18H28N2. The van der Waals surface area contributed by atoms with Gasteiger partial charge in [0.2, 0.25) is 0 Å². The number of anilines is 1. The highest BCUT2D eigenvalue weighted by Crippen LogP contribution is 2.29. The van der Waals surface area contributed by atoms with Crippen LogP contribution in [0.3, 0.4) is 0 Å². The van der Waals surface area contributed by atoms with E-state index >= 15 is 0 Å². The summed E-state index contributed by atoms with van der Waals surface area (Å²) in [6.07, 6.45) is 7.58. The number of aryl methyl sites for hydroxylation is 2. The lowest BCUT2D eigenvalue weighted by Gasteiger charge is -2.36. The highest BCUT2D eigenvalue weighted by molar-refractivity contribution is 5.52. The van der Waals surface area contributed by atoms with Gasteiger partial charge in [-0.1, -0.05) is 19.9 Å². The van der Waals surface area contributed by atoms with E-state index in [1.165, 1.54) is 50.8 Å². The van der Waals surface area contributed by atoms with Gasteiger partial charge in [-0.05, 0) is 68.3 Å². The van der Waals surface area contributed by atoms with Crippen LogP contribution in [0.4, 0.5) is 5.69 Å². The molecule has 0 spiro atoms. The van der Waals surface area contributed by atoms with Gasteiger partial charge in [-0.2, -0.15) is 0 Å². The fraction of sp³-hybridized carbons (Fsp3) is 0.667. The standard InChI is InChI=1S/C18H28N2/c1-3-18(4-2)14-20(12-6-11-19-18)17-10-9-15-7-5-8-16(15)13-17/h9-10,13,19H,3-8,11-12,14H2,1-2H3. The smallest absolute Gasteiger partial charge is 0.0369 e. The average Bonchev–Trinajstić information content (AvgIpc) is 2.85. The van der Waals surface area contributed by atoms with Crippen molar-refractivity contribution in [2.75, 3.05) is 24.5 Å². The Bertz CT molecular complexity index is 462. The minimum absolute atomic E-state index is 0.301. The van der Waals surface area contributed by atoms with Gasteiger partial charge in [0.05, 0.1) is 0 Å². The van der Waals surface area contributed by atoms with Gasteiger partial charge >= 0.3 is 0 Å². The maximum absolute atomic E-state index is 3.80. The topological polar surface area (TPSA) is 15.3 Å². The fourth-order valence-electron chi connectivity index (χ4n) is 3.82. The molecule has 3 rings (SSSR count). The van der Waals surface area contributed by atoms with Crippen LogP contribution in [0.25, 0.3) is 0 Å². The van der Waals surface area contributed by atoms with Crippen molar-refractivity contribution in [3.63, 3.8) is 0 Å². The van der Waals surface area contributed by atoms with Crippen LogP contribution in [0, 0.1) is 0 Å². The second kappa shape index (κ2) is 5.77. The van der Waals surface area contributed by atoms with Crippen molar-refractivity contribution in [3.05, 3.63) is 29.3 Å². The number of hydrogen-bond acceptors (Lipinski definition) is 2. The molecule has 0 atom stereocenters. The molecule has 20 heavy (non-hydrogen) atoms. The summed E-state index contributed by atoms with van der Waals surface area (Å²) in [5.41, 5.74) is 4.92. The van der Waals surface area contributed by atoms with Gasteiger partial charge in [0.1, 0.15) is 0 Å². The van der Waals surface area contributed by atoms with Gasteiger partial charge in [-0.15, -0.1) is 0 Å². The Balaban J connectivity index is 1.84. The molecule has 2 nitrogen and oxygen atoms in total. The second-order valence-corrected chi connectivity index (χ2v) is 6.50. The first kappa shape index (κ1) is 13.9. The normalized spacial score (nSPS) is 21.6. The van der Waals surface area contributed by atoms with Crippen molar-refractivity contribution in [2.24, 2.45) is 0 Å². The zero-order valence-corrected chi connectivity index (χ0v) is 13.0. The minimum Gasteiger partial charge on any atom is -0.370 e. The molecular weight excluding hydrogens is 244 g/mol. The van der Waals surface area contributed by atoms with Crippen molar-refractivity contribution in [1.29, 1.82) is 0 Å². The third-order valence-electron chi connectivity index (χ3n) is 5.40. The summed E-state index contributed by atoms with van der Waals surface area (Å²) in [5, 5.41) is 3.80. The van der Waals surface area contributed by atoms with Gasteiger partial charge in [0.15, 0.2) is 0 Å². The summed E-state index contributed by atoms with van der Waals surface area (Å²) >= 11 is 0. The Morgan fingerprint density at radius 3 is 2.70 bits per heavy atom. The van der Waals surface area contributed by atoms with E-state index in [1.54, 1.807) is 11.1 Å². The van der Waals surface area contributed by atoms with E-state index in [4.69, 9.17) is 0 Å². The third kappa shape index (κ3) is 2.58. The highest BCUT2D eigenvalue weighted by atomic mass is 15.2. The molecule has 1 saturated heterocycles. The molecule has 1 aromatic rings. The summed E-state index contributed by atoms with van der Waals surface area (Å²) in [5.74, 6) is 0. The first-order valence-corrected chi connectivity index (χ1v) is 8.38. The number of benzene rings is 1. The Hall–Kier alpha value is -1.02. The van der Waals surface area contributed by atoms with Gasteiger partial charge in [-0.25, -0.2) is 0 Å². The van der Waals surface area contributed by atoms with Gasteiger partial charge in [-0.3, -0.25) is 0 Å². The zero-order valence-electron chi connectivity index (χ0n) is 13.0. The van der Waals surface area contributed by atoms with Crippen LogP contribution in [-0.4, -0.2) is 25.2 Å². The Morgan fingerprint density at radius 2 is 1.90 bits per heavy atom. The molecule has 2 aliphatic rings. The van der Waals surface area contributed by atoms with Crippen molar-refractivity contribution in [2.45, 2.75) is 57.9 Å². The molecule has 1 aliphatic heterocycles. The second-order valence-electron chi connectivity index (χ2n) is 6.50. The molecule has 2 heteroatoms. The summed E-state index contributed by atoms with van der Waals surface area (Å²) in [6.45, 7) is 8.14. The predicted molar refractivity (Wildman–Crippen MR) is 86.6 cm³/mol. The lowest BCUT2D eigenvalue weighted by molar-refractivity contribution is 0.321. The molecule has 0 amide bonds. The van der Waals surface area contributed by atoms with Gasteiger partial charge in [0, 0.05) is 24.3 Å². The minimum atomic E-state index is 0.301. The molecule has 1 fully saturated rings. The van der Waals surface area contributed by atoms with Crippen molar-refractivity contribution in [3.8, 4) is 0 Å². The number of hydrogen-bond donors (Lipinski definition) is 1. The van der Waals surface area contributed by atoms with Crippen molar-refractivity contribution >= 4 is 5.69 Å². The van der Waals surface area contributed by atoms with E-state index in [1.807, 2.05) is 0 Å². The molecule has 1 aliphatic carbocycles. The van der Waals surface area contributed by atoms with Gasteiger partial charge in [0.25, 0.3) is 0 Å². The maximum atomic E-state index is 3.80. The Kier molecular flexibility index (Phi) is 4.02. The lowest BCUT2D eigenvalue weighted by atomic mass is 9.92. The highest BCUT2D eigenvalue weighted by Gasteiger charge is 2.30. The van der Waals surface area contributed by atoms with Crippen LogP contribution in [0.1, 0.15) is 50.7 Å². The maximum Gasteiger partial charge on any atom is 0.0369 e. The molecule has 0 bridgehead atoms. The molecule has 0 unspecified atom stereocenters. The molecule has 1 heterocycles. The molecule has 0 aromatic heterocycles. The number of nitrogens with zero attached hydrogens (tertiary/aromatic N) is 1. The number of rotatable bonds is 3. The summed E-state index contributed by atoms with van der Waals surface area (Å²) < 4.78 is 0. The molecule has 0 saturated carbocycles. The molecule has 1 N–H and O–H groups in total. The first-order chi connectivity index (χ1) is 9.76. The van der Waals surface area contributed by atoms with Crippen LogP contribution in [0.5, 0.6) is 0 Å². The summed E-state index contributed by atoms with van der Waals surface area (Å²) in [4.78, 5) is 2.62. The largest absolute Gasteiger partial charge is 0.370 e. The summed E-state index contributed by atoms with van der Waals surface area (Å²) in [7, 11) is 0. The molecule has 110 valence electrons. The fourth-order valence-corrected chi connectivity index (χ4v) is 3.82. The van der Waals surface area contributed by atoms with Crippen LogP contribution in [-0.2, 0) is 12.8 Å². The monoisotopic (exact) mass is 272 g/mol. The Morgan fingerprint density at radius 1 is 1.10 bits per heavy atom. The SMILES string of the molecule is CCC1(CC)CN(c2ccc3c(c2)CCC3)CCCN1. The van der Waals surface area contributed by atoms with E-state index in [9.17, 15) is 0 Å². The lowest BCUT2D eigenvalue weighted by Crippen LogP contribution is -2.50. The quantitative estimate of drug-likeness (QED) is 0.905. The van der Waals surface area contributed by atoms with Gasteiger partial charge < -0.3 is 10.2 Å². The zero-order chi connectivity index (χ0) is 14.0. The average molecular weight is 272 g/mol. The van der Waals surface area contributed by atoms with Crippen molar-refractivity contribution < 1.29 is 0 Å². The van der Waals surface area contributed by atoms with E-state index in [0.717, 1.165) is 13.1 Å². The number of nitrogens with one attached hydrogen (secondary N) is 1. The number of fused-ring (bicyclic) bond motifs is 1. The van der Waals surface area contributed by atoms with Crippen LogP contribution in [0.15, 0.2) is 18.2 Å². The first-order valence-electron chi connectivity index (χ1n) is 8.38. The van der Waals surface area contributed by atoms with E-state index in [2.05, 4.69) is 42.3 Å². The predicted octanol–water partition coefficient (Wildman–Crippen LogP) is 3.53. The molecule has 0 radical (unpaired) electrons.